The van der Waals surface area contributed by atoms with Gasteiger partial charge in [-0.05, 0) is 65.1 Å². The normalized spacial score (nSPS) is 10.5. The van der Waals surface area contributed by atoms with Crippen molar-refractivity contribution in [2.24, 2.45) is 0 Å². The Balaban J connectivity index is 1.57. The van der Waals surface area contributed by atoms with Crippen LogP contribution in [0.1, 0.15) is 18.4 Å². The van der Waals surface area contributed by atoms with E-state index in [9.17, 15) is 0 Å². The highest BCUT2D eigenvalue weighted by Gasteiger charge is 2.06. The van der Waals surface area contributed by atoms with Crippen LogP contribution in [0.15, 0.2) is 79.4 Å². The minimum absolute atomic E-state index is 0.345. The number of aryl methyl sites for hydroxylation is 1. The monoisotopic (exact) mass is 470 g/mol. The van der Waals surface area contributed by atoms with Crippen LogP contribution in [0, 0.1) is 19.3 Å². The lowest BCUT2D eigenvalue weighted by atomic mass is 9.96. The molecule has 3 rings (SSSR count). The van der Waals surface area contributed by atoms with Crippen LogP contribution in [0.5, 0.6) is 11.5 Å². The molecule has 0 fully saturated rings. The van der Waals surface area contributed by atoms with Crippen molar-refractivity contribution in [2.45, 2.75) is 19.8 Å². The number of ether oxygens (including phenoxy) is 4. The predicted molar refractivity (Wildman–Crippen MR) is 143 cm³/mol. The lowest BCUT2D eigenvalue weighted by Gasteiger charge is -2.11. The average Bonchev–Trinajstić information content (AvgIpc) is 2.88. The van der Waals surface area contributed by atoms with Crippen LogP contribution in [0.25, 0.3) is 22.3 Å². The third-order valence-electron chi connectivity index (χ3n) is 5.28. The van der Waals surface area contributed by atoms with E-state index in [-0.39, 0.29) is 0 Å². The SMILES string of the molecule is C#CCOCCCOc1ccc(-c2cc(C)cc(-c3ccc(OCCCOCC=C)cc3)c2)cc1. The molecule has 3 aromatic rings. The zero-order chi connectivity index (χ0) is 24.7. The quantitative estimate of drug-likeness (QED) is 0.140. The van der Waals surface area contributed by atoms with Crippen molar-refractivity contribution in [1.29, 1.82) is 0 Å². The Morgan fingerprint density at radius 2 is 1.23 bits per heavy atom. The third kappa shape index (κ3) is 8.98. The zero-order valence-corrected chi connectivity index (χ0v) is 20.5. The number of rotatable bonds is 15. The maximum Gasteiger partial charge on any atom is 0.119 e. The van der Waals surface area contributed by atoms with Crippen LogP contribution in [0.2, 0.25) is 0 Å². The van der Waals surface area contributed by atoms with Gasteiger partial charge in [-0.25, -0.2) is 0 Å². The van der Waals surface area contributed by atoms with E-state index in [0.717, 1.165) is 35.5 Å². The Morgan fingerprint density at radius 1 is 0.714 bits per heavy atom. The first-order chi connectivity index (χ1) is 17.2. The van der Waals surface area contributed by atoms with Crippen LogP contribution in [0.4, 0.5) is 0 Å². The second-order valence-electron chi connectivity index (χ2n) is 8.16. The van der Waals surface area contributed by atoms with Crippen molar-refractivity contribution < 1.29 is 18.9 Å². The van der Waals surface area contributed by atoms with Gasteiger partial charge in [0.15, 0.2) is 0 Å². The predicted octanol–water partition coefficient (Wildman–Crippen LogP) is 6.72. The van der Waals surface area contributed by atoms with E-state index in [1.807, 2.05) is 24.3 Å². The van der Waals surface area contributed by atoms with E-state index < -0.39 is 0 Å². The highest BCUT2D eigenvalue weighted by molar-refractivity contribution is 5.74. The van der Waals surface area contributed by atoms with Gasteiger partial charge in [0.2, 0.25) is 0 Å². The van der Waals surface area contributed by atoms with E-state index in [2.05, 4.69) is 61.9 Å². The number of terminal acetylenes is 1. The van der Waals surface area contributed by atoms with Gasteiger partial charge >= 0.3 is 0 Å². The van der Waals surface area contributed by atoms with E-state index in [1.165, 1.54) is 16.7 Å². The first-order valence-electron chi connectivity index (χ1n) is 12.0. The fourth-order valence-corrected chi connectivity index (χ4v) is 3.60. The van der Waals surface area contributed by atoms with Gasteiger partial charge < -0.3 is 18.9 Å². The first-order valence-corrected chi connectivity index (χ1v) is 12.0. The van der Waals surface area contributed by atoms with E-state index >= 15 is 0 Å². The summed E-state index contributed by atoms with van der Waals surface area (Å²) in [6, 6.07) is 23.1. The second-order valence-corrected chi connectivity index (χ2v) is 8.16. The third-order valence-corrected chi connectivity index (χ3v) is 5.28. The molecule has 0 saturated carbocycles. The molecule has 4 heteroatoms. The fraction of sp³-hybridized carbons (Fsp3) is 0.290. The van der Waals surface area contributed by atoms with Crippen molar-refractivity contribution in [1.82, 2.24) is 0 Å². The van der Waals surface area contributed by atoms with Crippen LogP contribution >= 0.6 is 0 Å². The Bertz CT molecular complexity index is 1080. The van der Waals surface area contributed by atoms with Gasteiger partial charge in [0.25, 0.3) is 0 Å². The molecule has 0 aliphatic rings. The van der Waals surface area contributed by atoms with Gasteiger partial charge in [-0.15, -0.1) is 13.0 Å². The highest BCUT2D eigenvalue weighted by Crippen LogP contribution is 2.30. The molecular formula is C31H34O4. The summed E-state index contributed by atoms with van der Waals surface area (Å²) in [5.74, 6) is 4.17. The molecule has 0 bridgehead atoms. The molecule has 3 aromatic carbocycles. The molecule has 0 N–H and O–H groups in total. The molecule has 0 atom stereocenters. The summed E-state index contributed by atoms with van der Waals surface area (Å²) in [5.41, 5.74) is 5.87. The largest absolute Gasteiger partial charge is 0.494 e. The topological polar surface area (TPSA) is 36.9 Å². The second kappa shape index (κ2) is 14.7. The highest BCUT2D eigenvalue weighted by atomic mass is 16.5. The van der Waals surface area contributed by atoms with Crippen molar-refractivity contribution >= 4 is 0 Å². The molecule has 0 amide bonds. The molecule has 0 heterocycles. The maximum atomic E-state index is 5.82. The number of benzene rings is 3. The summed E-state index contributed by atoms with van der Waals surface area (Å²) >= 11 is 0. The molecule has 0 aromatic heterocycles. The van der Waals surface area contributed by atoms with Gasteiger partial charge in [-0.3, -0.25) is 0 Å². The van der Waals surface area contributed by atoms with Gasteiger partial charge in [0.05, 0.1) is 33.0 Å². The van der Waals surface area contributed by atoms with Crippen molar-refractivity contribution in [3.63, 3.8) is 0 Å². The Hall–Kier alpha value is -3.52. The minimum Gasteiger partial charge on any atom is -0.494 e. The molecule has 0 unspecified atom stereocenters. The van der Waals surface area contributed by atoms with Crippen molar-refractivity contribution in [3.8, 4) is 46.1 Å². The number of hydrogen-bond acceptors (Lipinski definition) is 4. The Kier molecular flexibility index (Phi) is 10.9. The summed E-state index contributed by atoms with van der Waals surface area (Å²) in [5, 5.41) is 0. The fourth-order valence-electron chi connectivity index (χ4n) is 3.60. The van der Waals surface area contributed by atoms with Gasteiger partial charge in [0, 0.05) is 12.8 Å². The zero-order valence-electron chi connectivity index (χ0n) is 20.5. The summed E-state index contributed by atoms with van der Waals surface area (Å²) < 4.78 is 22.3. The molecule has 0 aliphatic heterocycles. The summed E-state index contributed by atoms with van der Waals surface area (Å²) in [6.45, 7) is 9.19. The van der Waals surface area contributed by atoms with Crippen LogP contribution in [0.3, 0.4) is 0 Å². The standard InChI is InChI=1S/C31H34O4/c1-4-16-32-18-6-20-34-30-12-8-26(9-13-30)28-22-25(3)23-29(24-28)27-10-14-31(15-11-27)35-21-7-19-33-17-5-2/h1,5,8-15,22-24H,2,6-7,16-21H2,3H3. The van der Waals surface area contributed by atoms with Crippen LogP contribution < -0.4 is 9.47 Å². The molecular weight excluding hydrogens is 436 g/mol. The summed E-state index contributed by atoms with van der Waals surface area (Å²) in [4.78, 5) is 0. The molecule has 0 spiro atoms. The lowest BCUT2D eigenvalue weighted by molar-refractivity contribution is 0.143. The van der Waals surface area contributed by atoms with Gasteiger partial charge in [-0.2, -0.15) is 0 Å². The maximum absolute atomic E-state index is 5.82. The number of hydrogen-bond donors (Lipinski definition) is 0. The van der Waals surface area contributed by atoms with Crippen molar-refractivity contribution in [3.05, 3.63) is 84.9 Å². The molecule has 182 valence electrons. The smallest absolute Gasteiger partial charge is 0.119 e. The van der Waals surface area contributed by atoms with E-state index in [0.29, 0.717) is 39.6 Å². The molecule has 0 aliphatic carbocycles. The van der Waals surface area contributed by atoms with Crippen LogP contribution in [-0.4, -0.2) is 39.6 Å². The van der Waals surface area contributed by atoms with Gasteiger partial charge in [0.1, 0.15) is 18.1 Å². The first kappa shape index (κ1) is 26.1. The van der Waals surface area contributed by atoms with Gasteiger partial charge in [-0.1, -0.05) is 48.4 Å². The Labute approximate surface area is 209 Å². The molecule has 35 heavy (non-hydrogen) atoms. The molecule has 4 nitrogen and oxygen atoms in total. The average molecular weight is 471 g/mol. The summed E-state index contributed by atoms with van der Waals surface area (Å²) in [6.07, 6.45) is 8.57. The van der Waals surface area contributed by atoms with E-state index in [1.54, 1.807) is 6.08 Å². The van der Waals surface area contributed by atoms with E-state index in [4.69, 9.17) is 25.4 Å². The van der Waals surface area contributed by atoms with Crippen LogP contribution in [-0.2, 0) is 9.47 Å². The lowest BCUT2D eigenvalue weighted by Crippen LogP contribution is -2.03. The molecule has 0 saturated heterocycles. The van der Waals surface area contributed by atoms with Crippen molar-refractivity contribution in [2.75, 3.05) is 39.6 Å². The Morgan fingerprint density at radius 3 is 1.71 bits per heavy atom. The minimum atomic E-state index is 0.345. The molecule has 0 radical (unpaired) electrons. The summed E-state index contributed by atoms with van der Waals surface area (Å²) in [7, 11) is 0.